The monoisotopic (exact) mass is 417 g/mol. The van der Waals surface area contributed by atoms with E-state index in [2.05, 4.69) is 10.3 Å². The Hall–Kier alpha value is -3.43. The third kappa shape index (κ3) is 5.34. The van der Waals surface area contributed by atoms with Crippen LogP contribution in [0.15, 0.2) is 54.1 Å². The topological polar surface area (TPSA) is 75.0 Å². The summed E-state index contributed by atoms with van der Waals surface area (Å²) in [7, 11) is 0. The molecule has 0 aliphatic rings. The molecule has 1 heterocycles. The van der Waals surface area contributed by atoms with Crippen LogP contribution in [0.3, 0.4) is 0 Å². The van der Waals surface area contributed by atoms with E-state index in [4.69, 9.17) is 4.74 Å². The summed E-state index contributed by atoms with van der Waals surface area (Å²) in [5.74, 6) is 0.284. The van der Waals surface area contributed by atoms with Gasteiger partial charge in [-0.2, -0.15) is 5.26 Å². The van der Waals surface area contributed by atoms with Crippen LogP contribution in [0.25, 0.3) is 17.3 Å². The molecule has 0 saturated heterocycles. The molecule has 0 bridgehead atoms. The number of hydrogen-bond acceptors (Lipinski definition) is 5. The van der Waals surface area contributed by atoms with Crippen molar-refractivity contribution in [3.8, 4) is 23.1 Å². The fourth-order valence-corrected chi connectivity index (χ4v) is 3.62. The van der Waals surface area contributed by atoms with Gasteiger partial charge in [-0.05, 0) is 44.0 Å². The molecular weight excluding hydrogens is 394 g/mol. The first kappa shape index (κ1) is 21.3. The fraction of sp³-hybridized carbons (Fsp3) is 0.208. The predicted octanol–water partition coefficient (Wildman–Crippen LogP) is 5.76. The molecule has 0 radical (unpaired) electrons. The van der Waals surface area contributed by atoms with Crippen LogP contribution >= 0.6 is 11.3 Å². The van der Waals surface area contributed by atoms with E-state index >= 15 is 0 Å². The standard InChI is InChI=1S/C24H23N3O2S/c1-4-13-29-21-11-7-18(8-12-21)14-20(15-25)23(28)27-24-26-22(17(3)30-24)19-9-5-16(2)6-10-19/h5-12,14H,4,13H2,1-3H3,(H,26,27,28)/b20-14-. The van der Waals surface area contributed by atoms with Crippen molar-refractivity contribution < 1.29 is 9.53 Å². The van der Waals surface area contributed by atoms with Crippen LogP contribution in [-0.4, -0.2) is 17.5 Å². The minimum atomic E-state index is -0.479. The molecule has 2 aromatic carbocycles. The quantitative estimate of drug-likeness (QED) is 0.392. The second-order valence-electron chi connectivity index (χ2n) is 6.83. The number of aromatic nitrogens is 1. The van der Waals surface area contributed by atoms with Crippen molar-refractivity contribution in [3.05, 3.63) is 70.1 Å². The van der Waals surface area contributed by atoms with E-state index in [-0.39, 0.29) is 5.57 Å². The number of hydrogen-bond donors (Lipinski definition) is 1. The molecule has 0 aliphatic heterocycles. The minimum absolute atomic E-state index is 0.0157. The maximum atomic E-state index is 12.6. The Balaban J connectivity index is 1.74. The lowest BCUT2D eigenvalue weighted by molar-refractivity contribution is -0.112. The zero-order valence-electron chi connectivity index (χ0n) is 17.2. The molecule has 3 aromatic rings. The predicted molar refractivity (Wildman–Crippen MR) is 121 cm³/mol. The average Bonchev–Trinajstić information content (AvgIpc) is 3.11. The first-order valence-electron chi connectivity index (χ1n) is 9.70. The second-order valence-corrected chi connectivity index (χ2v) is 8.03. The zero-order valence-corrected chi connectivity index (χ0v) is 18.0. The van der Waals surface area contributed by atoms with Crippen molar-refractivity contribution in [2.24, 2.45) is 0 Å². The van der Waals surface area contributed by atoms with Gasteiger partial charge in [-0.25, -0.2) is 4.98 Å². The molecule has 152 valence electrons. The number of rotatable bonds is 7. The summed E-state index contributed by atoms with van der Waals surface area (Å²) < 4.78 is 5.55. The SMILES string of the molecule is CCCOc1ccc(/C=C(/C#N)C(=O)Nc2nc(-c3ccc(C)cc3)c(C)s2)cc1. The van der Waals surface area contributed by atoms with E-state index in [9.17, 15) is 10.1 Å². The molecule has 0 unspecified atom stereocenters. The lowest BCUT2D eigenvalue weighted by Crippen LogP contribution is -2.13. The van der Waals surface area contributed by atoms with E-state index < -0.39 is 5.91 Å². The third-order valence-electron chi connectivity index (χ3n) is 4.37. The summed E-state index contributed by atoms with van der Waals surface area (Å²) in [5.41, 5.74) is 3.77. The number of thiazole rings is 1. The molecule has 3 rings (SSSR count). The van der Waals surface area contributed by atoms with Crippen LogP contribution in [0.5, 0.6) is 5.75 Å². The molecule has 1 N–H and O–H groups in total. The Morgan fingerprint density at radius 2 is 1.87 bits per heavy atom. The van der Waals surface area contributed by atoms with Gasteiger partial charge in [0.15, 0.2) is 5.13 Å². The number of carbonyl (C=O) groups is 1. The molecule has 0 aliphatic carbocycles. The molecule has 0 spiro atoms. The lowest BCUT2D eigenvalue weighted by atomic mass is 10.1. The second kappa shape index (κ2) is 9.86. The highest BCUT2D eigenvalue weighted by atomic mass is 32.1. The maximum Gasteiger partial charge on any atom is 0.268 e. The number of carbonyl (C=O) groups excluding carboxylic acids is 1. The van der Waals surface area contributed by atoms with Crippen molar-refractivity contribution >= 4 is 28.5 Å². The third-order valence-corrected chi connectivity index (χ3v) is 5.26. The van der Waals surface area contributed by atoms with Crippen LogP contribution in [0.2, 0.25) is 0 Å². The Bertz CT molecular complexity index is 1090. The number of amides is 1. The molecule has 5 nitrogen and oxygen atoms in total. The summed E-state index contributed by atoms with van der Waals surface area (Å²) in [5, 5.41) is 12.7. The van der Waals surface area contributed by atoms with E-state index in [1.807, 2.05) is 75.4 Å². The van der Waals surface area contributed by atoms with Gasteiger partial charge in [-0.3, -0.25) is 10.1 Å². The van der Waals surface area contributed by atoms with E-state index in [0.717, 1.165) is 33.9 Å². The first-order valence-corrected chi connectivity index (χ1v) is 10.5. The number of nitriles is 1. The van der Waals surface area contributed by atoms with Gasteiger partial charge in [0, 0.05) is 10.4 Å². The average molecular weight is 418 g/mol. The van der Waals surface area contributed by atoms with Crippen LogP contribution in [-0.2, 0) is 4.79 Å². The molecule has 1 amide bonds. The van der Waals surface area contributed by atoms with Gasteiger partial charge in [-0.1, -0.05) is 48.9 Å². The fourth-order valence-electron chi connectivity index (χ4n) is 2.79. The molecule has 1 aromatic heterocycles. The molecular formula is C24H23N3O2S. The van der Waals surface area contributed by atoms with Gasteiger partial charge in [0.05, 0.1) is 12.3 Å². The highest BCUT2D eigenvalue weighted by Crippen LogP contribution is 2.30. The lowest BCUT2D eigenvalue weighted by Gasteiger charge is -2.04. The highest BCUT2D eigenvalue weighted by molar-refractivity contribution is 7.16. The Labute approximate surface area is 180 Å². The number of nitrogens with one attached hydrogen (secondary N) is 1. The van der Waals surface area contributed by atoms with Crippen molar-refractivity contribution in [2.75, 3.05) is 11.9 Å². The molecule has 0 fully saturated rings. The van der Waals surface area contributed by atoms with E-state index in [1.165, 1.54) is 16.9 Å². The number of benzene rings is 2. The number of ether oxygens (including phenoxy) is 1. The van der Waals surface area contributed by atoms with Crippen molar-refractivity contribution in [2.45, 2.75) is 27.2 Å². The Kier molecular flexibility index (Phi) is 6.99. The zero-order chi connectivity index (χ0) is 21.5. The van der Waals surface area contributed by atoms with Gasteiger partial charge in [0.2, 0.25) is 0 Å². The first-order chi connectivity index (χ1) is 14.5. The summed E-state index contributed by atoms with van der Waals surface area (Å²) >= 11 is 1.39. The number of aryl methyl sites for hydroxylation is 2. The van der Waals surface area contributed by atoms with Gasteiger partial charge < -0.3 is 4.74 Å². The minimum Gasteiger partial charge on any atom is -0.494 e. The Morgan fingerprint density at radius 3 is 2.50 bits per heavy atom. The molecule has 6 heteroatoms. The van der Waals surface area contributed by atoms with Gasteiger partial charge >= 0.3 is 0 Å². The van der Waals surface area contributed by atoms with E-state index in [0.29, 0.717) is 11.7 Å². The van der Waals surface area contributed by atoms with Crippen LogP contribution in [0.1, 0.15) is 29.3 Å². The van der Waals surface area contributed by atoms with Crippen LogP contribution in [0, 0.1) is 25.2 Å². The normalized spacial score (nSPS) is 11.1. The summed E-state index contributed by atoms with van der Waals surface area (Å²) in [6.45, 7) is 6.69. The molecule has 0 atom stereocenters. The largest absolute Gasteiger partial charge is 0.494 e. The summed E-state index contributed by atoms with van der Waals surface area (Å²) in [6, 6.07) is 17.3. The number of nitrogens with zero attached hydrogens (tertiary/aromatic N) is 2. The van der Waals surface area contributed by atoms with Gasteiger partial charge in [0.1, 0.15) is 17.4 Å². The number of anilines is 1. The Morgan fingerprint density at radius 1 is 1.17 bits per heavy atom. The van der Waals surface area contributed by atoms with Crippen LogP contribution < -0.4 is 10.1 Å². The van der Waals surface area contributed by atoms with E-state index in [1.54, 1.807) is 6.08 Å². The maximum absolute atomic E-state index is 12.6. The summed E-state index contributed by atoms with van der Waals surface area (Å²) in [6.07, 6.45) is 2.49. The van der Waals surface area contributed by atoms with Crippen molar-refractivity contribution in [1.82, 2.24) is 4.98 Å². The van der Waals surface area contributed by atoms with Gasteiger partial charge in [0.25, 0.3) is 5.91 Å². The molecule has 30 heavy (non-hydrogen) atoms. The van der Waals surface area contributed by atoms with Crippen molar-refractivity contribution in [3.63, 3.8) is 0 Å². The van der Waals surface area contributed by atoms with Gasteiger partial charge in [-0.15, -0.1) is 11.3 Å². The highest BCUT2D eigenvalue weighted by Gasteiger charge is 2.15. The smallest absolute Gasteiger partial charge is 0.268 e. The van der Waals surface area contributed by atoms with Crippen LogP contribution in [0.4, 0.5) is 5.13 Å². The molecule has 0 saturated carbocycles. The van der Waals surface area contributed by atoms with Crippen molar-refractivity contribution in [1.29, 1.82) is 5.26 Å². The summed E-state index contributed by atoms with van der Waals surface area (Å²) in [4.78, 5) is 18.1.